The fourth-order valence-electron chi connectivity index (χ4n) is 2.73. The second kappa shape index (κ2) is 8.95. The molecule has 1 aliphatic rings. The smallest absolute Gasteiger partial charge is 0.414 e. The highest BCUT2D eigenvalue weighted by molar-refractivity contribution is 6.27. The van der Waals surface area contributed by atoms with Crippen molar-refractivity contribution in [2.24, 2.45) is 7.05 Å². The third-order valence-corrected chi connectivity index (χ3v) is 4.18. The van der Waals surface area contributed by atoms with E-state index in [0.29, 0.717) is 12.5 Å². The Labute approximate surface area is 170 Å². The molecule has 0 radical (unpaired) electrons. The van der Waals surface area contributed by atoms with Gasteiger partial charge in [0.05, 0.1) is 11.9 Å². The molecular weight excluding hydrogens is 397 g/mol. The zero-order valence-electron chi connectivity index (χ0n) is 15.8. The predicted molar refractivity (Wildman–Crippen MR) is 104 cm³/mol. The molecule has 156 valence electrons. The van der Waals surface area contributed by atoms with Crippen LogP contribution in [0, 0.1) is 5.82 Å². The summed E-state index contributed by atoms with van der Waals surface area (Å²) in [6, 6.07) is 12.3. The number of aliphatic carboxylic acids is 2. The third kappa shape index (κ3) is 4.85. The van der Waals surface area contributed by atoms with E-state index < -0.39 is 11.9 Å². The van der Waals surface area contributed by atoms with Crippen LogP contribution in [0.2, 0.25) is 0 Å². The van der Waals surface area contributed by atoms with E-state index in [0.717, 1.165) is 28.3 Å². The average molecular weight is 415 g/mol. The molecule has 3 N–H and O–H groups in total. The second-order valence-corrected chi connectivity index (χ2v) is 6.19. The van der Waals surface area contributed by atoms with Crippen LogP contribution < -0.4 is 14.8 Å². The number of rotatable bonds is 4. The molecule has 1 aliphatic heterocycles. The monoisotopic (exact) mass is 415 g/mol. The molecule has 0 spiro atoms. The lowest BCUT2D eigenvalue weighted by molar-refractivity contribution is -0.159. The molecule has 0 saturated heterocycles. The van der Waals surface area contributed by atoms with Crippen LogP contribution in [0.5, 0.6) is 11.5 Å². The molecule has 0 amide bonds. The summed E-state index contributed by atoms with van der Waals surface area (Å²) in [5.41, 5.74) is 2.81. The van der Waals surface area contributed by atoms with Gasteiger partial charge in [0.25, 0.3) is 0 Å². The number of halogens is 1. The third-order valence-electron chi connectivity index (χ3n) is 4.18. The van der Waals surface area contributed by atoms with Crippen molar-refractivity contribution in [2.45, 2.75) is 6.54 Å². The molecule has 3 aromatic rings. The van der Waals surface area contributed by atoms with Gasteiger partial charge in [0.2, 0.25) is 12.7 Å². The number of aromatic nitrogens is 2. The van der Waals surface area contributed by atoms with Crippen LogP contribution in [0.3, 0.4) is 0 Å². The van der Waals surface area contributed by atoms with Crippen LogP contribution in [0.4, 0.5) is 10.3 Å². The van der Waals surface area contributed by atoms with Crippen molar-refractivity contribution in [1.29, 1.82) is 0 Å². The van der Waals surface area contributed by atoms with Gasteiger partial charge < -0.3 is 29.6 Å². The Morgan fingerprint density at radius 3 is 2.57 bits per heavy atom. The van der Waals surface area contributed by atoms with Crippen LogP contribution in [-0.2, 0) is 23.2 Å². The number of nitrogens with one attached hydrogen (secondary N) is 1. The number of hydrogen-bond donors (Lipinski definition) is 3. The van der Waals surface area contributed by atoms with Crippen LogP contribution >= 0.6 is 0 Å². The van der Waals surface area contributed by atoms with Gasteiger partial charge in [-0.2, -0.15) is 0 Å². The Morgan fingerprint density at radius 1 is 1.13 bits per heavy atom. The van der Waals surface area contributed by atoms with E-state index in [1.165, 1.54) is 12.1 Å². The van der Waals surface area contributed by atoms with Gasteiger partial charge in [-0.3, -0.25) is 0 Å². The highest BCUT2D eigenvalue weighted by Gasteiger charge is 2.16. The van der Waals surface area contributed by atoms with Crippen LogP contribution in [0.25, 0.3) is 11.3 Å². The fourth-order valence-corrected chi connectivity index (χ4v) is 2.73. The van der Waals surface area contributed by atoms with E-state index in [-0.39, 0.29) is 12.6 Å². The summed E-state index contributed by atoms with van der Waals surface area (Å²) < 4.78 is 25.9. The average Bonchev–Trinajstić information content (AvgIpc) is 3.32. The van der Waals surface area contributed by atoms with E-state index in [9.17, 15) is 4.39 Å². The number of anilines is 1. The van der Waals surface area contributed by atoms with Gasteiger partial charge in [0.15, 0.2) is 11.5 Å². The standard InChI is InChI=1S/C18H16FN3O2.C2H2O4/c1-22-15(13-5-6-16-17(8-13)24-11-23-16)10-21-18(22)20-9-12-3-2-4-14(19)7-12;3-1(4)2(5)6/h2-8,10H,9,11H2,1H3,(H,20,21);(H,3,4)(H,5,6). The lowest BCUT2D eigenvalue weighted by Gasteiger charge is -2.09. The van der Waals surface area contributed by atoms with Crippen LogP contribution in [-0.4, -0.2) is 38.5 Å². The van der Waals surface area contributed by atoms with Crippen LogP contribution in [0.1, 0.15) is 5.56 Å². The number of ether oxygens (including phenoxy) is 2. The number of carbonyl (C=O) groups is 2. The maximum absolute atomic E-state index is 13.2. The number of benzene rings is 2. The highest BCUT2D eigenvalue weighted by atomic mass is 19.1. The summed E-state index contributed by atoms with van der Waals surface area (Å²) in [5, 5.41) is 18.0. The molecule has 10 heteroatoms. The topological polar surface area (TPSA) is 123 Å². The quantitative estimate of drug-likeness (QED) is 0.556. The first kappa shape index (κ1) is 20.6. The van der Waals surface area contributed by atoms with Gasteiger partial charge in [-0.05, 0) is 35.9 Å². The van der Waals surface area contributed by atoms with E-state index in [4.69, 9.17) is 29.3 Å². The van der Waals surface area contributed by atoms with Crippen molar-refractivity contribution in [2.75, 3.05) is 12.1 Å². The molecule has 0 atom stereocenters. The maximum Gasteiger partial charge on any atom is 0.414 e. The summed E-state index contributed by atoms with van der Waals surface area (Å²) in [5.74, 6) is -1.68. The van der Waals surface area contributed by atoms with E-state index in [1.807, 2.05) is 35.9 Å². The highest BCUT2D eigenvalue weighted by Crippen LogP contribution is 2.36. The van der Waals surface area contributed by atoms with Crippen LogP contribution in [0.15, 0.2) is 48.7 Å². The van der Waals surface area contributed by atoms with Crippen molar-refractivity contribution in [3.05, 3.63) is 60.0 Å². The summed E-state index contributed by atoms with van der Waals surface area (Å²) in [6.45, 7) is 0.758. The molecule has 0 unspecified atom stereocenters. The number of nitrogens with zero attached hydrogens (tertiary/aromatic N) is 2. The molecule has 0 aliphatic carbocycles. The molecular formula is C20H18FN3O6. The van der Waals surface area contributed by atoms with Gasteiger partial charge in [-0.25, -0.2) is 19.0 Å². The number of imidazole rings is 1. The minimum atomic E-state index is -1.82. The van der Waals surface area contributed by atoms with Gasteiger partial charge in [-0.1, -0.05) is 12.1 Å². The zero-order chi connectivity index (χ0) is 21.7. The van der Waals surface area contributed by atoms with Crippen molar-refractivity contribution >= 4 is 17.9 Å². The molecule has 0 fully saturated rings. The zero-order valence-corrected chi connectivity index (χ0v) is 15.8. The molecule has 30 heavy (non-hydrogen) atoms. The van der Waals surface area contributed by atoms with Gasteiger partial charge in [0.1, 0.15) is 5.82 Å². The summed E-state index contributed by atoms with van der Waals surface area (Å²) in [7, 11) is 1.93. The summed E-state index contributed by atoms with van der Waals surface area (Å²) in [4.78, 5) is 22.6. The first-order chi connectivity index (χ1) is 14.3. The number of fused-ring (bicyclic) bond motifs is 1. The molecule has 2 aromatic carbocycles. The molecule has 4 rings (SSSR count). The summed E-state index contributed by atoms with van der Waals surface area (Å²) in [6.07, 6.45) is 1.80. The van der Waals surface area contributed by atoms with Gasteiger partial charge in [0, 0.05) is 19.2 Å². The maximum atomic E-state index is 13.2. The van der Waals surface area contributed by atoms with Gasteiger partial charge >= 0.3 is 11.9 Å². The Hall–Kier alpha value is -4.08. The van der Waals surface area contributed by atoms with Crippen molar-refractivity contribution in [3.63, 3.8) is 0 Å². The lowest BCUT2D eigenvalue weighted by Crippen LogP contribution is -2.09. The predicted octanol–water partition coefficient (Wildman–Crippen LogP) is 2.72. The SMILES string of the molecule is Cn1c(-c2ccc3c(c2)OCO3)cnc1NCc1cccc(F)c1.O=C(O)C(=O)O. The van der Waals surface area contributed by atoms with Crippen molar-refractivity contribution in [3.8, 4) is 22.8 Å². The van der Waals surface area contributed by atoms with Gasteiger partial charge in [-0.15, -0.1) is 0 Å². The minimum absolute atomic E-state index is 0.241. The Balaban J connectivity index is 0.000000377. The largest absolute Gasteiger partial charge is 0.473 e. The minimum Gasteiger partial charge on any atom is -0.473 e. The van der Waals surface area contributed by atoms with E-state index in [1.54, 1.807) is 12.3 Å². The van der Waals surface area contributed by atoms with Crippen molar-refractivity contribution in [1.82, 2.24) is 9.55 Å². The van der Waals surface area contributed by atoms with E-state index in [2.05, 4.69) is 10.3 Å². The Kier molecular flexibility index (Phi) is 6.16. The molecule has 2 heterocycles. The van der Waals surface area contributed by atoms with E-state index >= 15 is 0 Å². The lowest BCUT2D eigenvalue weighted by atomic mass is 10.1. The Bertz CT molecular complexity index is 1070. The molecule has 9 nitrogen and oxygen atoms in total. The second-order valence-electron chi connectivity index (χ2n) is 6.19. The first-order valence-corrected chi connectivity index (χ1v) is 8.71. The molecule has 0 saturated carbocycles. The molecule has 1 aromatic heterocycles. The van der Waals surface area contributed by atoms with Crippen molar-refractivity contribution < 1.29 is 33.7 Å². The Morgan fingerprint density at radius 2 is 1.87 bits per heavy atom. The number of hydrogen-bond acceptors (Lipinski definition) is 6. The number of carboxylic acids is 2. The normalized spacial score (nSPS) is 11.4. The molecule has 0 bridgehead atoms. The number of carboxylic acid groups (broad SMARTS) is 2. The fraction of sp³-hybridized carbons (Fsp3) is 0.150. The summed E-state index contributed by atoms with van der Waals surface area (Å²) >= 11 is 0. The first-order valence-electron chi connectivity index (χ1n) is 8.71.